The first-order chi connectivity index (χ1) is 18.1. The molecular weight excluding hydrogens is 466 g/mol. The molecule has 0 amide bonds. The summed E-state index contributed by atoms with van der Waals surface area (Å²) < 4.78 is 39.0. The van der Waals surface area contributed by atoms with Gasteiger partial charge in [0.15, 0.2) is 11.5 Å². The van der Waals surface area contributed by atoms with E-state index in [1.165, 1.54) is 54.3 Å². The lowest BCUT2D eigenvalue weighted by Crippen LogP contribution is -2.00. The standard InChI is InChI=1S/C33H32F2O2/c1-3-5-6-7-24-8-12-26(13-9-24)28-16-18-29(19-17-28)27-14-10-25(11-15-27)23-37-31-21-20-30(36-22-4-2)32(34)33(31)35/h4,8-22H,3,5-7,23H2,1-2H3/b22-4+. The van der Waals surface area contributed by atoms with Crippen molar-refractivity contribution in [1.29, 1.82) is 0 Å². The monoisotopic (exact) mass is 498 g/mol. The molecular formula is C33H32F2O2. The number of hydrogen-bond donors (Lipinski definition) is 0. The van der Waals surface area contributed by atoms with Gasteiger partial charge < -0.3 is 9.47 Å². The van der Waals surface area contributed by atoms with E-state index in [1.807, 2.05) is 24.3 Å². The van der Waals surface area contributed by atoms with Gasteiger partial charge in [0.25, 0.3) is 0 Å². The third kappa shape index (κ3) is 6.85. The van der Waals surface area contributed by atoms with E-state index in [4.69, 9.17) is 9.47 Å². The van der Waals surface area contributed by atoms with Crippen LogP contribution in [0.4, 0.5) is 8.78 Å². The smallest absolute Gasteiger partial charge is 0.205 e. The molecule has 0 bridgehead atoms. The first kappa shape index (κ1) is 26.2. The van der Waals surface area contributed by atoms with E-state index in [9.17, 15) is 8.78 Å². The average molecular weight is 499 g/mol. The predicted octanol–water partition coefficient (Wildman–Crippen LogP) is 9.52. The van der Waals surface area contributed by atoms with E-state index < -0.39 is 11.6 Å². The van der Waals surface area contributed by atoms with Gasteiger partial charge in [0.05, 0.1) is 6.26 Å². The summed E-state index contributed by atoms with van der Waals surface area (Å²) in [6.45, 7) is 4.07. The molecule has 4 heteroatoms. The Balaban J connectivity index is 1.36. The molecule has 0 spiro atoms. The highest BCUT2D eigenvalue weighted by molar-refractivity contribution is 5.70. The topological polar surface area (TPSA) is 18.5 Å². The second-order valence-electron chi connectivity index (χ2n) is 8.99. The van der Waals surface area contributed by atoms with Gasteiger partial charge in [-0.25, -0.2) is 0 Å². The summed E-state index contributed by atoms with van der Waals surface area (Å²) in [6.07, 6.45) is 7.77. The van der Waals surface area contributed by atoms with E-state index >= 15 is 0 Å². The minimum atomic E-state index is -1.07. The van der Waals surface area contributed by atoms with Crippen LogP contribution >= 0.6 is 0 Å². The molecule has 0 unspecified atom stereocenters. The van der Waals surface area contributed by atoms with E-state index in [1.54, 1.807) is 13.0 Å². The molecule has 0 saturated carbocycles. The van der Waals surface area contributed by atoms with E-state index in [0.717, 1.165) is 23.1 Å². The van der Waals surface area contributed by atoms with Crippen LogP contribution in [0.1, 0.15) is 44.2 Å². The van der Waals surface area contributed by atoms with Gasteiger partial charge in [0.1, 0.15) is 6.61 Å². The summed E-state index contributed by atoms with van der Waals surface area (Å²) >= 11 is 0. The van der Waals surface area contributed by atoms with Crippen molar-refractivity contribution in [2.24, 2.45) is 0 Å². The van der Waals surface area contributed by atoms with Gasteiger partial charge in [0.2, 0.25) is 11.6 Å². The van der Waals surface area contributed by atoms with Crippen LogP contribution in [0.3, 0.4) is 0 Å². The SMILES string of the molecule is C/C=C/Oc1ccc(OCc2ccc(-c3ccc(-c4ccc(CCCCC)cc4)cc3)cc2)c(F)c1F. The van der Waals surface area contributed by atoms with Gasteiger partial charge in [0, 0.05) is 0 Å². The Labute approximate surface area is 218 Å². The summed E-state index contributed by atoms with van der Waals surface area (Å²) in [4.78, 5) is 0. The van der Waals surface area contributed by atoms with Crippen LogP contribution in [0.2, 0.25) is 0 Å². The Morgan fingerprint density at radius 3 is 1.65 bits per heavy atom. The quantitative estimate of drug-likeness (QED) is 0.151. The molecule has 0 atom stereocenters. The van der Waals surface area contributed by atoms with Crippen LogP contribution in [-0.2, 0) is 13.0 Å². The Bertz CT molecular complexity index is 1310. The third-order valence-electron chi connectivity index (χ3n) is 6.27. The lowest BCUT2D eigenvalue weighted by atomic mass is 9.98. The molecule has 4 aromatic rings. The summed E-state index contributed by atoms with van der Waals surface area (Å²) in [5.41, 5.74) is 6.82. The molecule has 0 N–H and O–H groups in total. The number of aryl methyl sites for hydroxylation is 1. The number of benzene rings is 4. The van der Waals surface area contributed by atoms with Crippen molar-refractivity contribution in [3.8, 4) is 33.8 Å². The Morgan fingerprint density at radius 1 is 0.622 bits per heavy atom. The fourth-order valence-electron chi connectivity index (χ4n) is 4.11. The van der Waals surface area contributed by atoms with Crippen LogP contribution in [0, 0.1) is 11.6 Å². The van der Waals surface area contributed by atoms with Gasteiger partial charge in [-0.1, -0.05) is 98.6 Å². The van der Waals surface area contributed by atoms with Gasteiger partial charge in [-0.2, -0.15) is 8.78 Å². The molecule has 0 aliphatic rings. The molecule has 2 nitrogen and oxygen atoms in total. The van der Waals surface area contributed by atoms with Crippen LogP contribution in [0.5, 0.6) is 11.5 Å². The minimum Gasteiger partial charge on any atom is -0.486 e. The molecule has 0 aliphatic carbocycles. The summed E-state index contributed by atoms with van der Waals surface area (Å²) in [5.74, 6) is -2.47. The molecule has 4 rings (SSSR count). The number of rotatable bonds is 11. The van der Waals surface area contributed by atoms with Crippen molar-refractivity contribution in [2.45, 2.75) is 46.1 Å². The van der Waals surface area contributed by atoms with Crippen molar-refractivity contribution in [3.05, 3.63) is 120 Å². The zero-order chi connectivity index (χ0) is 26.0. The molecule has 0 aliphatic heterocycles. The van der Waals surface area contributed by atoms with Crippen molar-refractivity contribution < 1.29 is 18.3 Å². The second-order valence-corrected chi connectivity index (χ2v) is 8.99. The number of ether oxygens (including phenoxy) is 2. The second kappa shape index (κ2) is 12.9. The summed E-state index contributed by atoms with van der Waals surface area (Å²) in [5, 5.41) is 0. The number of unbranched alkanes of at least 4 members (excludes halogenated alkanes) is 2. The maximum atomic E-state index is 14.3. The fraction of sp³-hybridized carbons (Fsp3) is 0.212. The molecule has 190 valence electrons. The Hall–Kier alpha value is -3.92. The first-order valence-corrected chi connectivity index (χ1v) is 12.8. The Kier molecular flexibility index (Phi) is 9.09. The van der Waals surface area contributed by atoms with Gasteiger partial charge in [-0.3, -0.25) is 0 Å². The molecule has 0 aromatic heterocycles. The lowest BCUT2D eigenvalue weighted by Gasteiger charge is -2.11. The molecule has 0 saturated heterocycles. The van der Waals surface area contributed by atoms with Crippen molar-refractivity contribution >= 4 is 0 Å². The maximum absolute atomic E-state index is 14.3. The van der Waals surface area contributed by atoms with Gasteiger partial charge >= 0.3 is 0 Å². The predicted molar refractivity (Wildman–Crippen MR) is 147 cm³/mol. The van der Waals surface area contributed by atoms with E-state index in [2.05, 4.69) is 55.5 Å². The average Bonchev–Trinajstić information content (AvgIpc) is 2.94. The maximum Gasteiger partial charge on any atom is 0.205 e. The summed E-state index contributed by atoms with van der Waals surface area (Å²) in [7, 11) is 0. The highest BCUT2D eigenvalue weighted by Gasteiger charge is 2.15. The summed E-state index contributed by atoms with van der Waals surface area (Å²) in [6, 6.07) is 27.9. The lowest BCUT2D eigenvalue weighted by molar-refractivity contribution is 0.281. The van der Waals surface area contributed by atoms with Gasteiger partial charge in [-0.05, 0) is 65.3 Å². The van der Waals surface area contributed by atoms with Crippen molar-refractivity contribution in [3.63, 3.8) is 0 Å². The van der Waals surface area contributed by atoms with Gasteiger partial charge in [-0.15, -0.1) is 0 Å². The van der Waals surface area contributed by atoms with Crippen LogP contribution in [-0.4, -0.2) is 0 Å². The molecule has 0 heterocycles. The Morgan fingerprint density at radius 2 is 1.11 bits per heavy atom. The minimum absolute atomic E-state index is 0.124. The van der Waals surface area contributed by atoms with Crippen LogP contribution in [0.25, 0.3) is 22.3 Å². The van der Waals surface area contributed by atoms with E-state index in [-0.39, 0.29) is 18.1 Å². The first-order valence-electron chi connectivity index (χ1n) is 12.8. The normalized spacial score (nSPS) is 11.1. The number of hydrogen-bond acceptors (Lipinski definition) is 2. The zero-order valence-corrected chi connectivity index (χ0v) is 21.3. The van der Waals surface area contributed by atoms with Crippen LogP contribution in [0.15, 0.2) is 97.3 Å². The van der Waals surface area contributed by atoms with Crippen molar-refractivity contribution in [1.82, 2.24) is 0 Å². The van der Waals surface area contributed by atoms with Crippen LogP contribution < -0.4 is 9.47 Å². The molecule has 0 fully saturated rings. The molecule has 0 radical (unpaired) electrons. The van der Waals surface area contributed by atoms with Crippen molar-refractivity contribution in [2.75, 3.05) is 0 Å². The highest BCUT2D eigenvalue weighted by Crippen LogP contribution is 2.29. The number of halogens is 2. The third-order valence-corrected chi connectivity index (χ3v) is 6.27. The van der Waals surface area contributed by atoms with E-state index in [0.29, 0.717) is 0 Å². The fourth-order valence-corrected chi connectivity index (χ4v) is 4.11. The zero-order valence-electron chi connectivity index (χ0n) is 21.3. The molecule has 37 heavy (non-hydrogen) atoms. The molecule has 4 aromatic carbocycles. The number of allylic oxidation sites excluding steroid dienone is 1. The largest absolute Gasteiger partial charge is 0.486 e. The highest BCUT2D eigenvalue weighted by atomic mass is 19.2.